The van der Waals surface area contributed by atoms with Gasteiger partial charge in [-0.2, -0.15) is 0 Å². The second-order valence-corrected chi connectivity index (χ2v) is 5.82. The van der Waals surface area contributed by atoms with Gasteiger partial charge in [-0.1, -0.05) is 27.5 Å². The SMILES string of the molecule is NC(=O)c1cc(Cl)ccc1OCC(=O)Nc1ccc(Br)cc1F. The third-order valence-corrected chi connectivity index (χ3v) is 3.50. The Bertz CT molecular complexity index is 770. The summed E-state index contributed by atoms with van der Waals surface area (Å²) in [7, 11) is 0. The molecule has 120 valence electrons. The van der Waals surface area contributed by atoms with Crippen molar-refractivity contribution in [3.63, 3.8) is 0 Å². The van der Waals surface area contributed by atoms with E-state index in [1.807, 2.05) is 0 Å². The standard InChI is InChI=1S/C15H11BrClFN2O3/c16-8-1-3-12(11(18)5-8)20-14(21)7-23-13-4-2-9(17)6-10(13)15(19)22/h1-6H,7H2,(H2,19,22)(H,20,21). The summed E-state index contributed by atoms with van der Waals surface area (Å²) in [6, 6.07) is 8.48. The van der Waals surface area contributed by atoms with Crippen LogP contribution in [0.3, 0.4) is 0 Å². The van der Waals surface area contributed by atoms with Crippen molar-refractivity contribution in [2.45, 2.75) is 0 Å². The van der Waals surface area contributed by atoms with Crippen LogP contribution in [0.15, 0.2) is 40.9 Å². The highest BCUT2D eigenvalue weighted by atomic mass is 79.9. The summed E-state index contributed by atoms with van der Waals surface area (Å²) in [6.45, 7) is -0.419. The van der Waals surface area contributed by atoms with Crippen LogP contribution in [0, 0.1) is 5.82 Å². The number of amides is 2. The average Bonchev–Trinajstić information content (AvgIpc) is 2.48. The number of hydrogen-bond acceptors (Lipinski definition) is 3. The van der Waals surface area contributed by atoms with Gasteiger partial charge in [-0.3, -0.25) is 9.59 Å². The highest BCUT2D eigenvalue weighted by Gasteiger charge is 2.13. The van der Waals surface area contributed by atoms with Gasteiger partial charge in [0.25, 0.3) is 11.8 Å². The van der Waals surface area contributed by atoms with E-state index in [0.29, 0.717) is 9.50 Å². The Morgan fingerprint density at radius 1 is 1.26 bits per heavy atom. The lowest BCUT2D eigenvalue weighted by molar-refractivity contribution is -0.118. The lowest BCUT2D eigenvalue weighted by atomic mass is 10.2. The Morgan fingerprint density at radius 3 is 2.65 bits per heavy atom. The lowest BCUT2D eigenvalue weighted by Gasteiger charge is -2.11. The molecule has 0 fully saturated rings. The molecule has 3 N–H and O–H groups in total. The monoisotopic (exact) mass is 400 g/mol. The topological polar surface area (TPSA) is 81.4 Å². The highest BCUT2D eigenvalue weighted by Crippen LogP contribution is 2.23. The Labute approximate surface area is 144 Å². The van der Waals surface area contributed by atoms with Crippen molar-refractivity contribution >= 4 is 45.0 Å². The van der Waals surface area contributed by atoms with E-state index in [9.17, 15) is 14.0 Å². The summed E-state index contributed by atoms with van der Waals surface area (Å²) >= 11 is 8.89. The molecule has 0 radical (unpaired) electrons. The molecule has 0 atom stereocenters. The summed E-state index contributed by atoms with van der Waals surface area (Å²) in [5.74, 6) is -1.79. The van der Waals surface area contributed by atoms with E-state index in [1.165, 1.54) is 30.3 Å². The van der Waals surface area contributed by atoms with Crippen molar-refractivity contribution < 1.29 is 18.7 Å². The maximum absolute atomic E-state index is 13.6. The van der Waals surface area contributed by atoms with Crippen LogP contribution in [0.5, 0.6) is 5.75 Å². The van der Waals surface area contributed by atoms with Crippen molar-refractivity contribution in [2.75, 3.05) is 11.9 Å². The number of rotatable bonds is 5. The number of anilines is 1. The molecule has 0 aliphatic carbocycles. The summed E-state index contributed by atoms with van der Waals surface area (Å²) < 4.78 is 19.4. The summed E-state index contributed by atoms with van der Waals surface area (Å²) in [6.07, 6.45) is 0. The molecule has 0 unspecified atom stereocenters. The van der Waals surface area contributed by atoms with Crippen LogP contribution in [0.25, 0.3) is 0 Å². The molecular weight excluding hydrogens is 391 g/mol. The van der Waals surface area contributed by atoms with Crippen molar-refractivity contribution in [3.8, 4) is 5.75 Å². The van der Waals surface area contributed by atoms with E-state index in [1.54, 1.807) is 6.07 Å². The van der Waals surface area contributed by atoms with Crippen LogP contribution < -0.4 is 15.8 Å². The quantitative estimate of drug-likeness (QED) is 0.806. The number of halogens is 3. The highest BCUT2D eigenvalue weighted by molar-refractivity contribution is 9.10. The predicted octanol–water partition coefficient (Wildman–Crippen LogP) is 3.36. The number of carbonyl (C=O) groups is 2. The van der Waals surface area contributed by atoms with E-state index < -0.39 is 24.2 Å². The maximum atomic E-state index is 13.6. The molecule has 0 aromatic heterocycles. The molecule has 0 saturated carbocycles. The van der Waals surface area contributed by atoms with E-state index in [2.05, 4.69) is 21.2 Å². The Hall–Kier alpha value is -2.12. The lowest BCUT2D eigenvalue weighted by Crippen LogP contribution is -2.22. The second-order valence-electron chi connectivity index (χ2n) is 4.47. The van der Waals surface area contributed by atoms with Crippen molar-refractivity contribution in [1.82, 2.24) is 0 Å². The van der Waals surface area contributed by atoms with E-state index in [-0.39, 0.29) is 17.0 Å². The van der Waals surface area contributed by atoms with Gasteiger partial charge in [-0.05, 0) is 36.4 Å². The van der Waals surface area contributed by atoms with Gasteiger partial charge in [0.1, 0.15) is 11.6 Å². The minimum atomic E-state index is -0.734. The molecule has 0 aliphatic heterocycles. The molecule has 0 spiro atoms. The summed E-state index contributed by atoms with van der Waals surface area (Å²) in [5, 5.41) is 2.68. The Balaban J connectivity index is 2.03. The summed E-state index contributed by atoms with van der Waals surface area (Å²) in [5.41, 5.74) is 5.29. The number of nitrogens with two attached hydrogens (primary N) is 1. The predicted molar refractivity (Wildman–Crippen MR) is 88.2 cm³/mol. The minimum Gasteiger partial charge on any atom is -0.483 e. The average molecular weight is 402 g/mol. The maximum Gasteiger partial charge on any atom is 0.262 e. The molecule has 23 heavy (non-hydrogen) atoms. The number of hydrogen-bond donors (Lipinski definition) is 2. The zero-order valence-corrected chi connectivity index (χ0v) is 13.9. The first kappa shape index (κ1) is 17.2. The largest absolute Gasteiger partial charge is 0.483 e. The van der Waals surface area contributed by atoms with Crippen LogP contribution in [-0.2, 0) is 4.79 Å². The Kier molecular flexibility index (Phi) is 5.57. The molecule has 2 aromatic rings. The fourth-order valence-corrected chi connectivity index (χ4v) is 2.25. The number of ether oxygens (including phenoxy) is 1. The van der Waals surface area contributed by atoms with Crippen LogP contribution in [0.2, 0.25) is 5.02 Å². The van der Waals surface area contributed by atoms with Gasteiger partial charge in [-0.25, -0.2) is 4.39 Å². The van der Waals surface area contributed by atoms with Gasteiger partial charge in [0.2, 0.25) is 0 Å². The van der Waals surface area contributed by atoms with Gasteiger partial charge in [0, 0.05) is 9.50 Å². The van der Waals surface area contributed by atoms with Gasteiger partial charge in [0.15, 0.2) is 6.61 Å². The van der Waals surface area contributed by atoms with Crippen LogP contribution in [0.4, 0.5) is 10.1 Å². The van der Waals surface area contributed by atoms with Crippen LogP contribution in [0.1, 0.15) is 10.4 Å². The molecule has 0 heterocycles. The second kappa shape index (κ2) is 7.43. The van der Waals surface area contributed by atoms with Crippen LogP contribution >= 0.6 is 27.5 Å². The Morgan fingerprint density at radius 2 is 2.00 bits per heavy atom. The first-order chi connectivity index (χ1) is 10.9. The molecular formula is C15H11BrClFN2O3. The molecule has 8 heteroatoms. The minimum absolute atomic E-state index is 0.0213. The fraction of sp³-hybridized carbons (Fsp3) is 0.0667. The van der Waals surface area contributed by atoms with Crippen molar-refractivity contribution in [1.29, 1.82) is 0 Å². The number of carbonyl (C=O) groups excluding carboxylic acids is 2. The van der Waals surface area contributed by atoms with E-state index in [4.69, 9.17) is 22.1 Å². The zero-order chi connectivity index (χ0) is 17.0. The molecule has 2 rings (SSSR count). The number of nitrogens with one attached hydrogen (secondary N) is 1. The smallest absolute Gasteiger partial charge is 0.262 e. The van der Waals surface area contributed by atoms with Crippen molar-refractivity contribution in [2.24, 2.45) is 5.73 Å². The number of primary amides is 1. The fourth-order valence-electron chi connectivity index (χ4n) is 1.74. The van der Waals surface area contributed by atoms with E-state index in [0.717, 1.165) is 0 Å². The molecule has 2 amide bonds. The van der Waals surface area contributed by atoms with Crippen molar-refractivity contribution in [3.05, 3.63) is 57.3 Å². The zero-order valence-electron chi connectivity index (χ0n) is 11.6. The molecule has 0 bridgehead atoms. The van der Waals surface area contributed by atoms with E-state index >= 15 is 0 Å². The molecule has 0 aliphatic rings. The van der Waals surface area contributed by atoms with Crippen LogP contribution in [-0.4, -0.2) is 18.4 Å². The van der Waals surface area contributed by atoms with Gasteiger partial charge in [-0.15, -0.1) is 0 Å². The molecule has 5 nitrogen and oxygen atoms in total. The molecule has 2 aromatic carbocycles. The third-order valence-electron chi connectivity index (χ3n) is 2.77. The molecule has 0 saturated heterocycles. The van der Waals surface area contributed by atoms with Gasteiger partial charge >= 0.3 is 0 Å². The van der Waals surface area contributed by atoms with Gasteiger partial charge in [0.05, 0.1) is 11.3 Å². The van der Waals surface area contributed by atoms with Gasteiger partial charge < -0.3 is 15.8 Å². The first-order valence-corrected chi connectivity index (χ1v) is 7.51. The normalized spacial score (nSPS) is 10.2. The summed E-state index contributed by atoms with van der Waals surface area (Å²) in [4.78, 5) is 23.1. The third kappa shape index (κ3) is 4.67. The number of benzene rings is 2. The first-order valence-electron chi connectivity index (χ1n) is 6.34.